The second-order valence-corrected chi connectivity index (χ2v) is 11.7. The first-order valence-electron chi connectivity index (χ1n) is 9.55. The first kappa shape index (κ1) is 23.3. The molecule has 4 aromatic rings. The summed E-state index contributed by atoms with van der Waals surface area (Å²) in [6, 6.07) is 23.7. The fourth-order valence-corrected chi connectivity index (χ4v) is 5.84. The van der Waals surface area contributed by atoms with Crippen LogP contribution in [-0.4, -0.2) is 16.8 Å². The highest BCUT2D eigenvalue weighted by molar-refractivity contribution is 7.91. The fourth-order valence-electron chi connectivity index (χ4n) is 3.03. The van der Waals surface area contributed by atoms with Gasteiger partial charge in [-0.05, 0) is 91.0 Å². The van der Waals surface area contributed by atoms with Crippen LogP contribution < -0.4 is 4.74 Å². The summed E-state index contributed by atoms with van der Waals surface area (Å²) in [4.78, 5) is 0.391. The van der Waals surface area contributed by atoms with Gasteiger partial charge in [-0.2, -0.15) is 0 Å². The number of sulfone groups is 2. The minimum Gasteiger partial charge on any atom is -0.457 e. The predicted octanol–water partition coefficient (Wildman–Crippen LogP) is 6.45. The molecule has 0 aliphatic heterocycles. The molecule has 0 aliphatic rings. The zero-order chi connectivity index (χ0) is 23.6. The lowest BCUT2D eigenvalue weighted by Gasteiger charge is -2.10. The summed E-state index contributed by atoms with van der Waals surface area (Å²) in [5.74, 6) is 0.643. The van der Waals surface area contributed by atoms with E-state index in [4.69, 9.17) is 27.9 Å². The van der Waals surface area contributed by atoms with E-state index in [1.54, 1.807) is 12.1 Å². The highest BCUT2D eigenvalue weighted by atomic mass is 35.5. The van der Waals surface area contributed by atoms with Gasteiger partial charge in [-0.25, -0.2) is 16.8 Å². The molecule has 0 atom stereocenters. The van der Waals surface area contributed by atoms with Gasteiger partial charge < -0.3 is 4.74 Å². The Morgan fingerprint density at radius 2 is 0.909 bits per heavy atom. The minimum absolute atomic E-state index is 0.0595. The van der Waals surface area contributed by atoms with Crippen LogP contribution in [0.1, 0.15) is 0 Å². The van der Waals surface area contributed by atoms with E-state index >= 15 is 0 Å². The molecule has 0 fully saturated rings. The van der Waals surface area contributed by atoms with Gasteiger partial charge in [-0.1, -0.05) is 29.3 Å². The highest BCUT2D eigenvalue weighted by Gasteiger charge is 2.19. The minimum atomic E-state index is -3.76. The topological polar surface area (TPSA) is 77.5 Å². The van der Waals surface area contributed by atoms with E-state index < -0.39 is 19.7 Å². The Balaban J connectivity index is 1.57. The molecule has 0 saturated carbocycles. The fraction of sp³-hybridized carbons (Fsp3) is 0. The Morgan fingerprint density at radius 1 is 0.485 bits per heavy atom. The molecule has 0 bridgehead atoms. The second kappa shape index (κ2) is 9.19. The van der Waals surface area contributed by atoms with Gasteiger partial charge in [0.25, 0.3) is 0 Å². The Bertz CT molecular complexity index is 1500. The first-order chi connectivity index (χ1) is 15.7. The number of rotatable bonds is 6. The molecule has 0 N–H and O–H groups in total. The summed E-state index contributed by atoms with van der Waals surface area (Å²) in [5, 5.41) is 0.880. The summed E-state index contributed by atoms with van der Waals surface area (Å²) in [6.07, 6.45) is 0. The molecule has 168 valence electrons. The molecule has 0 aromatic heterocycles. The quantitative estimate of drug-likeness (QED) is 0.293. The van der Waals surface area contributed by atoms with Crippen LogP contribution in [0.5, 0.6) is 11.5 Å². The van der Waals surface area contributed by atoms with Gasteiger partial charge in [-0.15, -0.1) is 0 Å². The monoisotopic (exact) mass is 518 g/mol. The smallest absolute Gasteiger partial charge is 0.206 e. The Kier molecular flexibility index (Phi) is 6.50. The van der Waals surface area contributed by atoms with Crippen molar-refractivity contribution in [3.05, 3.63) is 107 Å². The van der Waals surface area contributed by atoms with Gasteiger partial charge in [0.15, 0.2) is 0 Å². The molecule has 4 aromatic carbocycles. The van der Waals surface area contributed by atoms with Gasteiger partial charge in [0.2, 0.25) is 19.7 Å². The molecule has 4 rings (SSSR count). The van der Waals surface area contributed by atoms with Gasteiger partial charge in [0.1, 0.15) is 11.5 Å². The van der Waals surface area contributed by atoms with Crippen LogP contribution in [0, 0.1) is 0 Å². The molecule has 0 spiro atoms. The zero-order valence-corrected chi connectivity index (χ0v) is 20.0. The number of hydrogen-bond donors (Lipinski definition) is 0. The standard InChI is InChI=1S/C24H16Cl2O5S2/c25-17-4-10-21(11-5-17)32(27,28)23-14-8-19(9-15-23)31-20-2-1-3-24(16-20)33(29,30)22-12-6-18(26)7-13-22/h1-16H. The lowest BCUT2D eigenvalue weighted by molar-refractivity contribution is 0.480. The van der Waals surface area contributed by atoms with E-state index in [0.29, 0.717) is 21.5 Å². The molecule has 0 aliphatic carbocycles. The number of hydrogen-bond acceptors (Lipinski definition) is 5. The number of halogens is 2. The summed E-state index contributed by atoms with van der Waals surface area (Å²) in [6.45, 7) is 0. The number of benzene rings is 4. The van der Waals surface area contributed by atoms with Crippen molar-refractivity contribution in [3.63, 3.8) is 0 Å². The van der Waals surface area contributed by atoms with Gasteiger partial charge in [0, 0.05) is 10.0 Å². The Labute approximate surface area is 202 Å². The van der Waals surface area contributed by atoms with E-state index in [1.807, 2.05) is 0 Å². The van der Waals surface area contributed by atoms with Crippen molar-refractivity contribution in [2.45, 2.75) is 19.6 Å². The largest absolute Gasteiger partial charge is 0.457 e. The van der Waals surface area contributed by atoms with Crippen LogP contribution >= 0.6 is 23.2 Å². The third-order valence-electron chi connectivity index (χ3n) is 4.73. The SMILES string of the molecule is O=S(=O)(c1ccc(Cl)cc1)c1ccc(Oc2cccc(S(=O)(=O)c3ccc(Cl)cc3)c2)cc1. The molecule has 0 radical (unpaired) electrons. The normalized spacial score (nSPS) is 11.8. The van der Waals surface area contributed by atoms with Gasteiger partial charge >= 0.3 is 0 Å². The van der Waals surface area contributed by atoms with Crippen LogP contribution in [0.3, 0.4) is 0 Å². The summed E-state index contributed by atoms with van der Waals surface area (Å²) >= 11 is 11.7. The maximum Gasteiger partial charge on any atom is 0.206 e. The third kappa shape index (κ3) is 5.07. The molecule has 0 heterocycles. The van der Waals surface area contributed by atoms with Crippen molar-refractivity contribution in [1.82, 2.24) is 0 Å². The summed E-state index contributed by atoms with van der Waals surface area (Å²) in [5.41, 5.74) is 0. The van der Waals surface area contributed by atoms with Crippen LogP contribution in [0.15, 0.2) is 117 Å². The van der Waals surface area contributed by atoms with Crippen molar-refractivity contribution in [3.8, 4) is 11.5 Å². The van der Waals surface area contributed by atoms with Crippen LogP contribution in [-0.2, 0) is 19.7 Å². The van der Waals surface area contributed by atoms with Crippen molar-refractivity contribution in [2.75, 3.05) is 0 Å². The predicted molar refractivity (Wildman–Crippen MR) is 127 cm³/mol. The molecule has 9 heteroatoms. The molecular weight excluding hydrogens is 503 g/mol. The highest BCUT2D eigenvalue weighted by Crippen LogP contribution is 2.29. The molecule has 0 amide bonds. The maximum absolute atomic E-state index is 12.9. The third-order valence-corrected chi connectivity index (χ3v) is 8.79. The number of ether oxygens (including phenoxy) is 1. The van der Waals surface area contributed by atoms with Gasteiger partial charge in [0.05, 0.1) is 19.6 Å². The van der Waals surface area contributed by atoms with Crippen molar-refractivity contribution >= 4 is 42.9 Å². The molecule has 0 saturated heterocycles. The Hall–Kier alpha value is -2.84. The summed E-state index contributed by atoms with van der Waals surface area (Å²) in [7, 11) is -7.47. The lowest BCUT2D eigenvalue weighted by atomic mass is 10.3. The summed E-state index contributed by atoms with van der Waals surface area (Å²) < 4.78 is 57.1. The van der Waals surface area contributed by atoms with E-state index in [9.17, 15) is 16.8 Å². The second-order valence-electron chi connectivity index (χ2n) is 6.96. The van der Waals surface area contributed by atoms with Crippen LogP contribution in [0.4, 0.5) is 0 Å². The van der Waals surface area contributed by atoms with Crippen molar-refractivity contribution in [2.24, 2.45) is 0 Å². The Morgan fingerprint density at radius 3 is 1.39 bits per heavy atom. The average Bonchev–Trinajstić information content (AvgIpc) is 2.80. The molecule has 33 heavy (non-hydrogen) atoms. The van der Waals surface area contributed by atoms with E-state index in [1.165, 1.54) is 84.9 Å². The van der Waals surface area contributed by atoms with Crippen LogP contribution in [0.25, 0.3) is 0 Å². The molecule has 0 unspecified atom stereocenters. The zero-order valence-electron chi connectivity index (χ0n) is 16.9. The molecular formula is C24H16Cl2O5S2. The van der Waals surface area contributed by atoms with Gasteiger partial charge in [-0.3, -0.25) is 0 Å². The molecule has 5 nitrogen and oxygen atoms in total. The maximum atomic E-state index is 12.9. The van der Waals surface area contributed by atoms with E-state index in [-0.39, 0.29) is 19.6 Å². The van der Waals surface area contributed by atoms with E-state index in [0.717, 1.165) is 0 Å². The first-order valence-corrected chi connectivity index (χ1v) is 13.3. The van der Waals surface area contributed by atoms with Crippen molar-refractivity contribution < 1.29 is 21.6 Å². The average molecular weight is 519 g/mol. The lowest BCUT2D eigenvalue weighted by Crippen LogP contribution is -2.02. The van der Waals surface area contributed by atoms with Crippen LogP contribution in [0.2, 0.25) is 10.0 Å². The van der Waals surface area contributed by atoms with E-state index in [2.05, 4.69) is 0 Å². The van der Waals surface area contributed by atoms with Crippen molar-refractivity contribution in [1.29, 1.82) is 0 Å².